The Balaban J connectivity index is 1.59. The number of carbonyl (C=O) groups excluding carboxylic acids is 1. The van der Waals surface area contributed by atoms with E-state index in [9.17, 15) is 27.9 Å². The Morgan fingerprint density at radius 2 is 1.58 bits per heavy atom. The van der Waals surface area contributed by atoms with E-state index < -0.39 is 29.7 Å². The molecule has 0 fully saturated rings. The SMILES string of the molecule is N#Cc1ccc(CC(NC(=O)c2ccc3ccccc3c2OCc2ccc(C(F)(F)F)cc2)C(=O)O)cc1. The van der Waals surface area contributed by atoms with Crippen LogP contribution in [0.1, 0.15) is 32.6 Å². The lowest BCUT2D eigenvalue weighted by Crippen LogP contribution is -2.42. The van der Waals surface area contributed by atoms with Crippen molar-refractivity contribution in [3.63, 3.8) is 0 Å². The molecule has 4 aromatic carbocycles. The lowest BCUT2D eigenvalue weighted by Gasteiger charge is -2.18. The molecule has 1 atom stereocenters. The molecule has 0 spiro atoms. The van der Waals surface area contributed by atoms with Crippen LogP contribution in [0.25, 0.3) is 10.8 Å². The van der Waals surface area contributed by atoms with E-state index in [2.05, 4.69) is 5.32 Å². The summed E-state index contributed by atoms with van der Waals surface area (Å²) in [5.41, 5.74) is 0.807. The number of alkyl halides is 3. The van der Waals surface area contributed by atoms with E-state index in [1.165, 1.54) is 18.2 Å². The molecule has 0 bridgehead atoms. The summed E-state index contributed by atoms with van der Waals surface area (Å²) >= 11 is 0. The summed E-state index contributed by atoms with van der Waals surface area (Å²) in [5.74, 6) is -1.74. The second-order valence-electron chi connectivity index (χ2n) is 8.52. The molecule has 0 heterocycles. The number of nitrogens with zero attached hydrogens (tertiary/aromatic N) is 1. The molecule has 0 aliphatic heterocycles. The van der Waals surface area contributed by atoms with Crippen molar-refractivity contribution >= 4 is 22.6 Å². The molecule has 192 valence electrons. The molecule has 38 heavy (non-hydrogen) atoms. The maximum Gasteiger partial charge on any atom is 0.416 e. The van der Waals surface area contributed by atoms with E-state index in [-0.39, 0.29) is 24.3 Å². The maximum absolute atomic E-state index is 13.3. The van der Waals surface area contributed by atoms with Gasteiger partial charge in [-0.05, 0) is 46.8 Å². The fraction of sp³-hybridized carbons (Fsp3) is 0.138. The van der Waals surface area contributed by atoms with Crippen molar-refractivity contribution in [3.05, 3.63) is 113 Å². The lowest BCUT2D eigenvalue weighted by atomic mass is 10.0. The Kier molecular flexibility index (Phi) is 7.63. The second-order valence-corrected chi connectivity index (χ2v) is 8.52. The fourth-order valence-corrected chi connectivity index (χ4v) is 3.91. The van der Waals surface area contributed by atoms with Gasteiger partial charge in [-0.15, -0.1) is 0 Å². The molecule has 0 aliphatic carbocycles. The predicted molar refractivity (Wildman–Crippen MR) is 133 cm³/mol. The number of fused-ring (bicyclic) bond motifs is 1. The van der Waals surface area contributed by atoms with Crippen LogP contribution in [0.4, 0.5) is 13.2 Å². The molecular weight excluding hydrogens is 497 g/mol. The second kappa shape index (κ2) is 11.0. The van der Waals surface area contributed by atoms with Gasteiger partial charge < -0.3 is 15.2 Å². The summed E-state index contributed by atoms with van der Waals surface area (Å²) in [7, 11) is 0. The monoisotopic (exact) mass is 518 g/mol. The minimum atomic E-state index is -4.46. The highest BCUT2D eigenvalue weighted by Gasteiger charge is 2.30. The highest BCUT2D eigenvalue weighted by molar-refractivity contribution is 6.04. The first-order chi connectivity index (χ1) is 18.2. The lowest BCUT2D eigenvalue weighted by molar-refractivity contribution is -0.139. The topological polar surface area (TPSA) is 99.4 Å². The number of carboxylic acid groups (broad SMARTS) is 1. The molecule has 0 aliphatic rings. The van der Waals surface area contributed by atoms with Crippen LogP contribution in [0.15, 0.2) is 84.9 Å². The summed E-state index contributed by atoms with van der Waals surface area (Å²) < 4.78 is 44.6. The highest BCUT2D eigenvalue weighted by Crippen LogP contribution is 2.32. The van der Waals surface area contributed by atoms with Crippen molar-refractivity contribution in [2.24, 2.45) is 0 Å². The Morgan fingerprint density at radius 3 is 2.21 bits per heavy atom. The van der Waals surface area contributed by atoms with Crippen LogP contribution < -0.4 is 10.1 Å². The number of carbonyl (C=O) groups is 2. The van der Waals surface area contributed by atoms with E-state index in [1.807, 2.05) is 12.1 Å². The van der Waals surface area contributed by atoms with Gasteiger partial charge in [-0.3, -0.25) is 4.79 Å². The van der Waals surface area contributed by atoms with Gasteiger partial charge in [-0.1, -0.05) is 54.6 Å². The standard InChI is InChI=1S/C29H21F3N2O4/c30-29(31,32)22-12-9-20(10-13-22)17-38-26-23-4-2-1-3-21(23)11-14-24(26)27(35)34-25(28(36)37)15-18-5-7-19(16-33)8-6-18/h1-14,25H,15,17H2,(H,34,35)(H,36,37). The van der Waals surface area contributed by atoms with Gasteiger partial charge in [-0.2, -0.15) is 18.4 Å². The minimum Gasteiger partial charge on any atom is -0.487 e. The summed E-state index contributed by atoms with van der Waals surface area (Å²) in [6, 6.07) is 21.9. The minimum absolute atomic E-state index is 0.0118. The Bertz CT molecular complexity index is 1510. The zero-order valence-electron chi connectivity index (χ0n) is 19.8. The average molecular weight is 518 g/mol. The normalized spacial score (nSPS) is 11.9. The van der Waals surface area contributed by atoms with Crippen molar-refractivity contribution in [2.75, 3.05) is 0 Å². The molecule has 4 rings (SSSR count). The highest BCUT2D eigenvalue weighted by atomic mass is 19.4. The van der Waals surface area contributed by atoms with Crippen LogP contribution >= 0.6 is 0 Å². The van der Waals surface area contributed by atoms with E-state index in [0.29, 0.717) is 22.1 Å². The van der Waals surface area contributed by atoms with E-state index in [0.717, 1.165) is 17.5 Å². The Hall–Kier alpha value is -4.84. The molecule has 9 heteroatoms. The third-order valence-electron chi connectivity index (χ3n) is 5.91. The number of benzene rings is 4. The van der Waals surface area contributed by atoms with E-state index in [4.69, 9.17) is 10.00 Å². The summed E-state index contributed by atoms with van der Waals surface area (Å²) in [6.45, 7) is -0.111. The molecule has 1 amide bonds. The van der Waals surface area contributed by atoms with Crippen molar-refractivity contribution in [3.8, 4) is 11.8 Å². The van der Waals surface area contributed by atoms with Crippen LogP contribution in [-0.4, -0.2) is 23.0 Å². The molecule has 0 aromatic heterocycles. The third kappa shape index (κ3) is 6.10. The molecular formula is C29H21F3N2O4. The first-order valence-electron chi connectivity index (χ1n) is 11.5. The first kappa shape index (κ1) is 26.2. The van der Waals surface area contributed by atoms with Gasteiger partial charge >= 0.3 is 12.1 Å². The zero-order valence-corrected chi connectivity index (χ0v) is 19.8. The maximum atomic E-state index is 13.3. The first-order valence-corrected chi connectivity index (χ1v) is 11.5. The number of hydrogen-bond acceptors (Lipinski definition) is 4. The molecule has 0 saturated carbocycles. The van der Waals surface area contributed by atoms with Crippen molar-refractivity contribution in [1.29, 1.82) is 5.26 Å². The number of nitriles is 1. The van der Waals surface area contributed by atoms with Gasteiger partial charge in [0, 0.05) is 11.8 Å². The Labute approximate surface area is 215 Å². The number of carboxylic acids is 1. The van der Waals surface area contributed by atoms with Crippen LogP contribution in [0.5, 0.6) is 5.75 Å². The third-order valence-corrected chi connectivity index (χ3v) is 5.91. The van der Waals surface area contributed by atoms with Gasteiger partial charge in [0.2, 0.25) is 0 Å². The number of halogens is 3. The summed E-state index contributed by atoms with van der Waals surface area (Å²) in [5, 5.41) is 22.6. The largest absolute Gasteiger partial charge is 0.487 e. The number of amides is 1. The van der Waals surface area contributed by atoms with Crippen molar-refractivity contribution < 1.29 is 32.6 Å². The van der Waals surface area contributed by atoms with E-state index in [1.54, 1.807) is 48.5 Å². The number of aliphatic carboxylic acids is 1. The summed E-state index contributed by atoms with van der Waals surface area (Å²) in [6.07, 6.45) is -4.47. The van der Waals surface area contributed by atoms with Gasteiger partial charge in [0.25, 0.3) is 5.91 Å². The molecule has 2 N–H and O–H groups in total. The number of hydrogen-bond donors (Lipinski definition) is 2. The van der Waals surface area contributed by atoms with Gasteiger partial charge in [0.1, 0.15) is 18.4 Å². The van der Waals surface area contributed by atoms with Gasteiger partial charge in [-0.25, -0.2) is 4.79 Å². The van der Waals surface area contributed by atoms with Crippen LogP contribution in [0, 0.1) is 11.3 Å². The average Bonchev–Trinajstić information content (AvgIpc) is 2.91. The number of rotatable bonds is 8. The zero-order chi connectivity index (χ0) is 27.3. The number of ether oxygens (including phenoxy) is 1. The predicted octanol–water partition coefficient (Wildman–Crippen LogP) is 5.73. The van der Waals surface area contributed by atoms with Gasteiger partial charge in [0.05, 0.1) is 22.8 Å². The quantitative estimate of drug-likeness (QED) is 0.310. The van der Waals surface area contributed by atoms with Crippen LogP contribution in [0.2, 0.25) is 0 Å². The van der Waals surface area contributed by atoms with E-state index >= 15 is 0 Å². The molecule has 0 radical (unpaired) electrons. The fourth-order valence-electron chi connectivity index (χ4n) is 3.91. The smallest absolute Gasteiger partial charge is 0.416 e. The van der Waals surface area contributed by atoms with Gasteiger partial charge in [0.15, 0.2) is 0 Å². The summed E-state index contributed by atoms with van der Waals surface area (Å²) in [4.78, 5) is 25.2. The van der Waals surface area contributed by atoms with Crippen molar-refractivity contribution in [2.45, 2.75) is 25.2 Å². The van der Waals surface area contributed by atoms with Crippen LogP contribution in [-0.2, 0) is 24.0 Å². The molecule has 6 nitrogen and oxygen atoms in total. The molecule has 4 aromatic rings. The molecule has 1 unspecified atom stereocenters. The Morgan fingerprint density at radius 1 is 0.921 bits per heavy atom. The van der Waals surface area contributed by atoms with Crippen molar-refractivity contribution in [1.82, 2.24) is 5.32 Å². The van der Waals surface area contributed by atoms with Crippen LogP contribution in [0.3, 0.4) is 0 Å². The molecule has 0 saturated heterocycles. The number of nitrogens with one attached hydrogen (secondary N) is 1.